The molecule has 1 atom stereocenters. The summed E-state index contributed by atoms with van der Waals surface area (Å²) >= 11 is 0. The van der Waals surface area contributed by atoms with Gasteiger partial charge in [0.05, 0.1) is 0 Å². The van der Waals surface area contributed by atoms with Gasteiger partial charge in [-0.15, -0.1) is 0 Å². The molecule has 2 aromatic rings. The highest BCUT2D eigenvalue weighted by Crippen LogP contribution is 2.27. The summed E-state index contributed by atoms with van der Waals surface area (Å²) in [4.78, 5) is 39.4. The van der Waals surface area contributed by atoms with E-state index in [1.807, 2.05) is 6.07 Å². The van der Waals surface area contributed by atoms with E-state index >= 15 is 0 Å². The van der Waals surface area contributed by atoms with Crippen molar-refractivity contribution in [2.75, 3.05) is 18.0 Å². The van der Waals surface area contributed by atoms with Crippen LogP contribution in [0.4, 0.5) is 10.1 Å². The first kappa shape index (κ1) is 18.6. The Morgan fingerprint density at radius 3 is 2.41 bits per heavy atom. The Bertz CT molecular complexity index is 839. The number of halogens is 1. The average Bonchev–Trinajstić information content (AvgIpc) is 3.03. The number of carboxylic acid groups (broad SMARTS) is 1. The van der Waals surface area contributed by atoms with E-state index in [2.05, 4.69) is 0 Å². The molecule has 0 aliphatic carbocycles. The van der Waals surface area contributed by atoms with Gasteiger partial charge in [-0.05, 0) is 36.2 Å². The molecule has 0 saturated carbocycles. The molecule has 1 heterocycles. The second-order valence-electron chi connectivity index (χ2n) is 6.38. The normalized spacial score (nSPS) is 16.4. The summed E-state index contributed by atoms with van der Waals surface area (Å²) in [5, 5.41) is 9.15. The lowest BCUT2D eigenvalue weighted by Gasteiger charge is -2.24. The predicted octanol–water partition coefficient (Wildman–Crippen LogP) is 2.29. The van der Waals surface area contributed by atoms with Gasteiger partial charge in [-0.1, -0.05) is 30.3 Å². The average molecular weight is 370 g/mol. The summed E-state index contributed by atoms with van der Waals surface area (Å²) < 4.78 is 13.1. The molecule has 1 fully saturated rings. The topological polar surface area (TPSA) is 77.9 Å². The van der Waals surface area contributed by atoms with Crippen molar-refractivity contribution in [3.8, 4) is 0 Å². The highest BCUT2D eigenvalue weighted by molar-refractivity contribution is 6.09. The zero-order valence-corrected chi connectivity index (χ0v) is 14.5. The molecule has 0 spiro atoms. The van der Waals surface area contributed by atoms with Crippen LogP contribution in [0.3, 0.4) is 0 Å². The van der Waals surface area contributed by atoms with Crippen LogP contribution in [0.5, 0.6) is 0 Å². The number of carboxylic acids is 1. The van der Waals surface area contributed by atoms with Crippen LogP contribution in [-0.4, -0.2) is 40.9 Å². The fourth-order valence-corrected chi connectivity index (χ4v) is 3.19. The van der Waals surface area contributed by atoms with E-state index in [4.69, 9.17) is 5.11 Å². The molecule has 140 valence electrons. The quantitative estimate of drug-likeness (QED) is 0.792. The number of aliphatic carboxylic acids is 1. The highest BCUT2D eigenvalue weighted by atomic mass is 19.1. The zero-order chi connectivity index (χ0) is 19.4. The van der Waals surface area contributed by atoms with Crippen molar-refractivity contribution >= 4 is 23.5 Å². The maximum atomic E-state index is 13.1. The number of rotatable bonds is 6. The molecule has 0 aromatic heterocycles. The van der Waals surface area contributed by atoms with Crippen molar-refractivity contribution in [3.63, 3.8) is 0 Å². The van der Waals surface area contributed by atoms with Crippen molar-refractivity contribution < 1.29 is 23.9 Å². The van der Waals surface area contributed by atoms with E-state index in [0.717, 1.165) is 5.56 Å². The summed E-state index contributed by atoms with van der Waals surface area (Å²) in [6.07, 6.45) is 0.292. The van der Waals surface area contributed by atoms with E-state index in [1.165, 1.54) is 34.1 Å². The van der Waals surface area contributed by atoms with Crippen molar-refractivity contribution in [1.82, 2.24) is 4.90 Å². The van der Waals surface area contributed by atoms with Crippen molar-refractivity contribution in [1.29, 1.82) is 0 Å². The number of hydrogen-bond donors (Lipinski definition) is 1. The van der Waals surface area contributed by atoms with Crippen LogP contribution in [0.1, 0.15) is 12.0 Å². The second kappa shape index (κ2) is 7.99. The molecular weight excluding hydrogens is 351 g/mol. The summed E-state index contributed by atoms with van der Waals surface area (Å²) in [6, 6.07) is 14.5. The lowest BCUT2D eigenvalue weighted by atomic mass is 10.1. The van der Waals surface area contributed by atoms with Crippen molar-refractivity contribution in [2.45, 2.75) is 13.0 Å². The summed E-state index contributed by atoms with van der Waals surface area (Å²) in [7, 11) is 0. The van der Waals surface area contributed by atoms with Gasteiger partial charge in [0.1, 0.15) is 18.3 Å². The molecule has 1 N–H and O–H groups in total. The summed E-state index contributed by atoms with van der Waals surface area (Å²) in [5.41, 5.74) is 1.30. The third kappa shape index (κ3) is 4.31. The minimum Gasteiger partial charge on any atom is -0.480 e. The Morgan fingerprint density at radius 1 is 1.11 bits per heavy atom. The number of carbonyl (C=O) groups is 3. The molecule has 3 rings (SSSR count). The molecule has 1 saturated heterocycles. The Hall–Kier alpha value is -3.22. The smallest absolute Gasteiger partial charge is 0.323 e. The van der Waals surface area contributed by atoms with Gasteiger partial charge >= 0.3 is 5.97 Å². The predicted molar refractivity (Wildman–Crippen MR) is 96.4 cm³/mol. The summed E-state index contributed by atoms with van der Waals surface area (Å²) in [6.45, 7) is -0.0342. The Kier molecular flexibility index (Phi) is 5.49. The van der Waals surface area contributed by atoms with Gasteiger partial charge in [0.15, 0.2) is 0 Å². The van der Waals surface area contributed by atoms with Crippen LogP contribution in [0.15, 0.2) is 54.6 Å². The number of carbonyl (C=O) groups excluding carboxylic acids is 2. The molecule has 1 aliphatic rings. The zero-order valence-electron chi connectivity index (χ0n) is 14.5. The fourth-order valence-electron chi connectivity index (χ4n) is 3.19. The molecule has 0 bridgehead atoms. The van der Waals surface area contributed by atoms with Crippen LogP contribution < -0.4 is 4.90 Å². The van der Waals surface area contributed by atoms with Gasteiger partial charge in [0.2, 0.25) is 11.8 Å². The monoisotopic (exact) mass is 370 g/mol. The van der Waals surface area contributed by atoms with E-state index in [1.54, 1.807) is 24.3 Å². The Balaban J connectivity index is 1.76. The molecule has 2 amide bonds. The van der Waals surface area contributed by atoms with Gasteiger partial charge < -0.3 is 14.9 Å². The molecule has 0 radical (unpaired) electrons. The SMILES string of the molecule is O=C(O)CN(Cc1ccccc1)C(=O)C1CCN(c2ccc(F)cc2)C1=O. The largest absolute Gasteiger partial charge is 0.480 e. The molecular formula is C20H19FN2O4. The minimum atomic E-state index is -1.14. The Labute approximate surface area is 155 Å². The highest BCUT2D eigenvalue weighted by Gasteiger charge is 2.40. The second-order valence-corrected chi connectivity index (χ2v) is 6.38. The van der Waals surface area contributed by atoms with Gasteiger partial charge in [-0.2, -0.15) is 0 Å². The Morgan fingerprint density at radius 2 is 1.78 bits per heavy atom. The lowest BCUT2D eigenvalue weighted by molar-refractivity contribution is -0.148. The van der Waals surface area contributed by atoms with Gasteiger partial charge in [0.25, 0.3) is 0 Å². The summed E-state index contributed by atoms with van der Waals surface area (Å²) in [5.74, 6) is -3.38. The maximum Gasteiger partial charge on any atom is 0.323 e. The molecule has 7 heteroatoms. The standard InChI is InChI=1S/C20H19FN2O4/c21-15-6-8-16(9-7-15)23-11-10-17(20(23)27)19(26)22(13-18(24)25)12-14-4-2-1-3-5-14/h1-9,17H,10-13H2,(H,24,25). The molecule has 2 aromatic carbocycles. The van der Waals surface area contributed by atoms with E-state index < -0.39 is 36.1 Å². The molecule has 1 aliphatic heterocycles. The number of nitrogens with zero attached hydrogens (tertiary/aromatic N) is 2. The molecule has 6 nitrogen and oxygen atoms in total. The van der Waals surface area contributed by atoms with Crippen molar-refractivity contribution in [2.24, 2.45) is 5.92 Å². The van der Waals surface area contributed by atoms with Crippen LogP contribution in [0.2, 0.25) is 0 Å². The maximum absolute atomic E-state index is 13.1. The van der Waals surface area contributed by atoms with Crippen molar-refractivity contribution in [3.05, 3.63) is 66.0 Å². The number of benzene rings is 2. The minimum absolute atomic E-state index is 0.117. The lowest BCUT2D eigenvalue weighted by Crippen LogP contribution is -2.42. The number of hydrogen-bond acceptors (Lipinski definition) is 3. The van der Waals surface area contributed by atoms with E-state index in [-0.39, 0.29) is 6.54 Å². The first-order valence-electron chi connectivity index (χ1n) is 8.57. The van der Waals surface area contributed by atoms with E-state index in [9.17, 15) is 18.8 Å². The molecule has 1 unspecified atom stereocenters. The number of amides is 2. The number of anilines is 1. The molecule has 27 heavy (non-hydrogen) atoms. The van der Waals surface area contributed by atoms with Gasteiger partial charge in [-0.3, -0.25) is 14.4 Å². The first-order valence-corrected chi connectivity index (χ1v) is 8.57. The van der Waals surface area contributed by atoms with Crippen LogP contribution in [0, 0.1) is 11.7 Å². The van der Waals surface area contributed by atoms with E-state index in [0.29, 0.717) is 18.7 Å². The van der Waals surface area contributed by atoms with Crippen LogP contribution in [0.25, 0.3) is 0 Å². The first-order chi connectivity index (χ1) is 13.0. The van der Waals surface area contributed by atoms with Crippen LogP contribution in [-0.2, 0) is 20.9 Å². The third-order valence-electron chi connectivity index (χ3n) is 4.50. The third-order valence-corrected chi connectivity index (χ3v) is 4.50. The van der Waals surface area contributed by atoms with Gasteiger partial charge in [0, 0.05) is 18.8 Å². The van der Waals surface area contributed by atoms with Gasteiger partial charge in [-0.25, -0.2) is 4.39 Å². The van der Waals surface area contributed by atoms with Crippen LogP contribution >= 0.6 is 0 Å². The fraction of sp³-hybridized carbons (Fsp3) is 0.250.